The van der Waals surface area contributed by atoms with Gasteiger partial charge in [0.05, 0.1) is 16.8 Å². The molecule has 0 spiro atoms. The van der Waals surface area contributed by atoms with Crippen LogP contribution in [-0.2, 0) is 36.8 Å². The molecule has 2 atom stereocenters. The molecule has 0 saturated carbocycles. The largest absolute Gasteiger partial charge is 0.507 e. The number of benzene rings is 1. The third-order valence-electron chi connectivity index (χ3n) is 4.72. The minimum absolute atomic E-state index is 0.0282. The second-order valence-corrected chi connectivity index (χ2v) is 8.02. The van der Waals surface area contributed by atoms with Crippen LogP contribution in [0.15, 0.2) is 28.9 Å². The summed E-state index contributed by atoms with van der Waals surface area (Å²) in [6.45, 7) is 3.85. The topological polar surface area (TPSA) is 117 Å². The number of esters is 2. The molecule has 10 heteroatoms. The van der Waals surface area contributed by atoms with Gasteiger partial charge in [-0.3, -0.25) is 4.79 Å². The van der Waals surface area contributed by atoms with Gasteiger partial charge in [0, 0.05) is 31.7 Å². The molecule has 1 aromatic heterocycles. The lowest BCUT2D eigenvalue weighted by atomic mass is 10.1. The standard InChI is InChI=1S/C22H25BrN2O7/c1-3-29-22(28)20(32-13(2)26)10-14-9-17(27)16(23)11-19(14)31-12-15-6-7-24-21(25-15)18-5-4-8-30-18/h6-7,9,11,18,20,27H,3-5,8,10,12H2,1-2H3/t18-,20+/m0/s1. The first kappa shape index (κ1) is 23.9. The number of rotatable bonds is 9. The number of nitrogens with zero attached hydrogens (tertiary/aromatic N) is 2. The van der Waals surface area contributed by atoms with Crippen molar-refractivity contribution in [2.45, 2.75) is 51.9 Å². The van der Waals surface area contributed by atoms with E-state index in [2.05, 4.69) is 25.9 Å². The summed E-state index contributed by atoms with van der Waals surface area (Å²) in [4.78, 5) is 32.5. The number of hydrogen-bond acceptors (Lipinski definition) is 9. The van der Waals surface area contributed by atoms with Gasteiger partial charge >= 0.3 is 11.9 Å². The zero-order chi connectivity index (χ0) is 23.1. The van der Waals surface area contributed by atoms with Crippen molar-refractivity contribution in [1.29, 1.82) is 0 Å². The van der Waals surface area contributed by atoms with Gasteiger partial charge in [0.25, 0.3) is 0 Å². The van der Waals surface area contributed by atoms with E-state index >= 15 is 0 Å². The molecule has 32 heavy (non-hydrogen) atoms. The highest BCUT2D eigenvalue weighted by Crippen LogP contribution is 2.34. The van der Waals surface area contributed by atoms with Crippen molar-refractivity contribution >= 4 is 27.9 Å². The van der Waals surface area contributed by atoms with Crippen LogP contribution in [-0.4, -0.2) is 46.3 Å². The van der Waals surface area contributed by atoms with Crippen LogP contribution >= 0.6 is 15.9 Å². The van der Waals surface area contributed by atoms with Crippen LogP contribution in [0.25, 0.3) is 0 Å². The summed E-state index contributed by atoms with van der Waals surface area (Å²) >= 11 is 3.27. The molecule has 0 bridgehead atoms. The van der Waals surface area contributed by atoms with Crippen molar-refractivity contribution < 1.29 is 33.6 Å². The molecule has 0 aliphatic carbocycles. The van der Waals surface area contributed by atoms with E-state index in [4.69, 9.17) is 18.9 Å². The van der Waals surface area contributed by atoms with E-state index < -0.39 is 18.0 Å². The number of phenols is 1. The highest BCUT2D eigenvalue weighted by atomic mass is 79.9. The third kappa shape index (κ3) is 6.39. The predicted octanol–water partition coefficient (Wildman–Crippen LogP) is 3.41. The molecule has 0 radical (unpaired) electrons. The fourth-order valence-corrected chi connectivity index (χ4v) is 3.59. The van der Waals surface area contributed by atoms with Gasteiger partial charge in [-0.15, -0.1) is 0 Å². The SMILES string of the molecule is CCOC(=O)[C@@H](Cc1cc(O)c(Br)cc1OCc1ccnc([C@@H]2CCCO2)n1)OC(C)=O. The maximum Gasteiger partial charge on any atom is 0.347 e. The Kier molecular flexibility index (Phi) is 8.40. The molecule has 0 amide bonds. The van der Waals surface area contributed by atoms with Crippen molar-refractivity contribution in [3.8, 4) is 11.5 Å². The first-order valence-corrected chi connectivity index (χ1v) is 11.1. The van der Waals surface area contributed by atoms with E-state index in [-0.39, 0.29) is 31.5 Å². The average molecular weight is 509 g/mol. The van der Waals surface area contributed by atoms with Gasteiger partial charge in [0.1, 0.15) is 24.2 Å². The molecule has 1 fully saturated rings. The summed E-state index contributed by atoms with van der Waals surface area (Å²) in [5.41, 5.74) is 1.13. The Balaban J connectivity index is 1.79. The maximum absolute atomic E-state index is 12.2. The zero-order valence-corrected chi connectivity index (χ0v) is 19.5. The molecule has 2 aromatic rings. The lowest BCUT2D eigenvalue weighted by molar-refractivity contribution is -0.166. The number of hydrogen-bond donors (Lipinski definition) is 1. The number of carbonyl (C=O) groups excluding carboxylic acids is 2. The summed E-state index contributed by atoms with van der Waals surface area (Å²) in [6.07, 6.45) is 2.21. The van der Waals surface area contributed by atoms with Crippen molar-refractivity contribution in [3.05, 3.63) is 46.0 Å². The van der Waals surface area contributed by atoms with Crippen molar-refractivity contribution in [3.63, 3.8) is 0 Å². The lowest BCUT2D eigenvalue weighted by Crippen LogP contribution is -2.30. The van der Waals surface area contributed by atoms with Gasteiger partial charge in [-0.05, 0) is 53.9 Å². The molecule has 1 saturated heterocycles. The molecular formula is C22H25BrN2O7. The van der Waals surface area contributed by atoms with Crippen LogP contribution in [0.5, 0.6) is 11.5 Å². The molecule has 1 aliphatic heterocycles. The van der Waals surface area contributed by atoms with Crippen molar-refractivity contribution in [2.75, 3.05) is 13.2 Å². The quantitative estimate of drug-likeness (QED) is 0.508. The van der Waals surface area contributed by atoms with Gasteiger partial charge in [-0.25, -0.2) is 14.8 Å². The monoisotopic (exact) mass is 508 g/mol. The Bertz CT molecular complexity index is 963. The van der Waals surface area contributed by atoms with Crippen LogP contribution in [0.2, 0.25) is 0 Å². The molecule has 172 valence electrons. The first-order valence-electron chi connectivity index (χ1n) is 10.3. The van der Waals surface area contributed by atoms with Crippen LogP contribution in [0, 0.1) is 0 Å². The molecule has 9 nitrogen and oxygen atoms in total. The summed E-state index contributed by atoms with van der Waals surface area (Å²) in [5, 5.41) is 10.1. The fraction of sp³-hybridized carbons (Fsp3) is 0.455. The summed E-state index contributed by atoms with van der Waals surface area (Å²) < 4.78 is 22.1. The Labute approximate surface area is 194 Å². The highest BCUT2D eigenvalue weighted by molar-refractivity contribution is 9.10. The number of phenolic OH excluding ortho intramolecular Hbond substituents is 1. The van der Waals surface area contributed by atoms with Crippen LogP contribution < -0.4 is 4.74 Å². The van der Waals surface area contributed by atoms with Crippen LogP contribution in [0.4, 0.5) is 0 Å². The smallest absolute Gasteiger partial charge is 0.347 e. The van der Waals surface area contributed by atoms with Gasteiger partial charge in [0.2, 0.25) is 6.10 Å². The van der Waals surface area contributed by atoms with Crippen molar-refractivity contribution in [1.82, 2.24) is 9.97 Å². The second-order valence-electron chi connectivity index (χ2n) is 7.16. The van der Waals surface area contributed by atoms with Gasteiger partial charge in [-0.2, -0.15) is 0 Å². The van der Waals surface area contributed by atoms with E-state index in [1.54, 1.807) is 25.3 Å². The van der Waals surface area contributed by atoms with Gasteiger partial charge in [0.15, 0.2) is 5.82 Å². The van der Waals surface area contributed by atoms with Crippen molar-refractivity contribution in [2.24, 2.45) is 0 Å². The van der Waals surface area contributed by atoms with E-state index in [0.717, 1.165) is 12.8 Å². The average Bonchev–Trinajstić information content (AvgIpc) is 3.30. The number of aromatic nitrogens is 2. The summed E-state index contributed by atoms with van der Waals surface area (Å²) in [7, 11) is 0. The Morgan fingerprint density at radius 1 is 1.38 bits per heavy atom. The molecule has 1 aliphatic rings. The second kappa shape index (κ2) is 11.2. The fourth-order valence-electron chi connectivity index (χ4n) is 3.27. The van der Waals surface area contributed by atoms with Gasteiger partial charge < -0.3 is 24.1 Å². The molecule has 2 heterocycles. The van der Waals surface area contributed by atoms with E-state index in [9.17, 15) is 14.7 Å². The lowest BCUT2D eigenvalue weighted by Gasteiger charge is -2.18. The number of halogens is 1. The van der Waals surface area contributed by atoms with E-state index in [1.165, 1.54) is 13.0 Å². The Morgan fingerprint density at radius 2 is 2.19 bits per heavy atom. The Hall–Kier alpha value is -2.72. The number of ether oxygens (including phenoxy) is 4. The zero-order valence-electron chi connectivity index (χ0n) is 17.9. The normalized spacial score (nSPS) is 16.4. The van der Waals surface area contributed by atoms with E-state index in [0.29, 0.717) is 33.9 Å². The molecule has 3 rings (SSSR count). The number of aromatic hydroxyl groups is 1. The molecular weight excluding hydrogens is 484 g/mol. The molecule has 1 aromatic carbocycles. The van der Waals surface area contributed by atoms with Crippen LogP contribution in [0.3, 0.4) is 0 Å². The number of carbonyl (C=O) groups is 2. The molecule has 0 unspecified atom stereocenters. The molecule has 1 N–H and O–H groups in total. The van der Waals surface area contributed by atoms with E-state index in [1.807, 2.05) is 0 Å². The first-order chi connectivity index (χ1) is 15.4. The van der Waals surface area contributed by atoms with Crippen LogP contribution in [0.1, 0.15) is 49.9 Å². The summed E-state index contributed by atoms with van der Waals surface area (Å²) in [5.74, 6) is -0.315. The minimum Gasteiger partial charge on any atom is -0.507 e. The Morgan fingerprint density at radius 3 is 2.88 bits per heavy atom. The van der Waals surface area contributed by atoms with Gasteiger partial charge in [-0.1, -0.05) is 0 Å². The minimum atomic E-state index is -1.17. The predicted molar refractivity (Wildman–Crippen MR) is 116 cm³/mol. The maximum atomic E-state index is 12.2. The highest BCUT2D eigenvalue weighted by Gasteiger charge is 2.26. The third-order valence-corrected chi connectivity index (χ3v) is 5.35. The summed E-state index contributed by atoms with van der Waals surface area (Å²) in [6, 6.07) is 4.78.